The number of aliphatic hydroxyl groups is 1. The number of carbonyl (C=O) groups is 1. The van der Waals surface area contributed by atoms with E-state index in [-0.39, 0.29) is 19.0 Å². The van der Waals surface area contributed by atoms with Gasteiger partial charge in [0.25, 0.3) is 0 Å². The fraction of sp³-hybridized carbons (Fsp3) is 0.300. The first-order chi connectivity index (χ1) is 6.69. The first kappa shape index (κ1) is 13.9. The molecule has 1 unspecified atom stereocenters. The summed E-state index contributed by atoms with van der Waals surface area (Å²) in [7, 11) is 1.32. The zero-order valence-corrected chi connectivity index (χ0v) is 9.16. The molecule has 0 saturated heterocycles. The van der Waals surface area contributed by atoms with Crippen molar-refractivity contribution in [2.24, 2.45) is 5.73 Å². The molecule has 0 aliphatic carbocycles. The van der Waals surface area contributed by atoms with Gasteiger partial charge in [0.2, 0.25) is 0 Å². The van der Waals surface area contributed by atoms with Crippen LogP contribution in [0.2, 0.25) is 0 Å². The van der Waals surface area contributed by atoms with Crippen molar-refractivity contribution >= 4 is 18.4 Å². The number of hydrogen-bond acceptors (Lipinski definition) is 4. The fourth-order valence-electron chi connectivity index (χ4n) is 1.12. The minimum atomic E-state index is -0.459. The van der Waals surface area contributed by atoms with Gasteiger partial charge in [0.05, 0.1) is 25.3 Å². The summed E-state index contributed by atoms with van der Waals surface area (Å²) in [6.07, 6.45) is 0. The Morgan fingerprint density at radius 2 is 2.27 bits per heavy atom. The molecule has 0 saturated carbocycles. The van der Waals surface area contributed by atoms with E-state index < -0.39 is 12.0 Å². The number of nitrogens with two attached hydrogens (primary N) is 1. The van der Waals surface area contributed by atoms with Crippen LogP contribution in [0.15, 0.2) is 24.3 Å². The van der Waals surface area contributed by atoms with Crippen LogP contribution in [0.3, 0.4) is 0 Å². The Bertz CT molecular complexity index is 330. The second kappa shape index (κ2) is 6.40. The van der Waals surface area contributed by atoms with E-state index in [0.29, 0.717) is 5.56 Å². The molecule has 1 rings (SSSR count). The van der Waals surface area contributed by atoms with Crippen LogP contribution in [-0.4, -0.2) is 24.8 Å². The van der Waals surface area contributed by atoms with Crippen molar-refractivity contribution in [3.63, 3.8) is 0 Å². The fourth-order valence-corrected chi connectivity index (χ4v) is 1.12. The van der Waals surface area contributed by atoms with Gasteiger partial charge >= 0.3 is 5.97 Å². The second-order valence-electron chi connectivity index (χ2n) is 2.91. The molecular formula is C10H14ClNO3. The van der Waals surface area contributed by atoms with Gasteiger partial charge in [0.15, 0.2) is 0 Å². The van der Waals surface area contributed by atoms with E-state index in [1.807, 2.05) is 0 Å². The van der Waals surface area contributed by atoms with Crippen molar-refractivity contribution in [3.05, 3.63) is 35.4 Å². The van der Waals surface area contributed by atoms with Crippen LogP contribution in [0.25, 0.3) is 0 Å². The lowest BCUT2D eigenvalue weighted by Gasteiger charge is -2.09. The van der Waals surface area contributed by atoms with E-state index in [4.69, 9.17) is 10.8 Å². The van der Waals surface area contributed by atoms with Gasteiger partial charge in [0.1, 0.15) is 0 Å². The van der Waals surface area contributed by atoms with Crippen molar-refractivity contribution in [1.82, 2.24) is 0 Å². The van der Waals surface area contributed by atoms with Crippen LogP contribution >= 0.6 is 12.4 Å². The highest BCUT2D eigenvalue weighted by Gasteiger charge is 2.09. The predicted molar refractivity (Wildman–Crippen MR) is 59.0 cm³/mol. The van der Waals surface area contributed by atoms with Crippen molar-refractivity contribution in [3.8, 4) is 0 Å². The number of carbonyl (C=O) groups excluding carboxylic acids is 1. The molecule has 1 aromatic rings. The summed E-state index contributed by atoms with van der Waals surface area (Å²) in [5, 5.41) is 8.83. The molecule has 0 amide bonds. The third-order valence-corrected chi connectivity index (χ3v) is 1.93. The summed E-state index contributed by atoms with van der Waals surface area (Å²) in [5.74, 6) is -0.406. The number of methoxy groups -OCH3 is 1. The zero-order chi connectivity index (χ0) is 10.6. The smallest absolute Gasteiger partial charge is 0.337 e. The molecule has 0 aliphatic heterocycles. The first-order valence-corrected chi connectivity index (χ1v) is 4.23. The highest BCUT2D eigenvalue weighted by atomic mass is 35.5. The Morgan fingerprint density at radius 3 is 2.80 bits per heavy atom. The summed E-state index contributed by atoms with van der Waals surface area (Å²) in [5.41, 5.74) is 6.76. The monoisotopic (exact) mass is 231 g/mol. The molecule has 84 valence electrons. The number of esters is 1. The number of rotatable bonds is 3. The lowest BCUT2D eigenvalue weighted by molar-refractivity contribution is 0.0600. The van der Waals surface area contributed by atoms with E-state index in [1.54, 1.807) is 24.3 Å². The first-order valence-electron chi connectivity index (χ1n) is 4.23. The maximum Gasteiger partial charge on any atom is 0.337 e. The molecular weight excluding hydrogens is 218 g/mol. The molecule has 0 aromatic heterocycles. The largest absolute Gasteiger partial charge is 0.465 e. The number of aliphatic hydroxyl groups excluding tert-OH is 1. The molecule has 3 N–H and O–H groups in total. The average molecular weight is 232 g/mol. The normalized spacial score (nSPS) is 11.4. The van der Waals surface area contributed by atoms with Gasteiger partial charge in [-0.15, -0.1) is 12.4 Å². The zero-order valence-electron chi connectivity index (χ0n) is 8.34. The van der Waals surface area contributed by atoms with Gasteiger partial charge in [-0.1, -0.05) is 12.1 Å². The summed E-state index contributed by atoms with van der Waals surface area (Å²) < 4.78 is 4.56. The summed E-state index contributed by atoms with van der Waals surface area (Å²) in [6, 6.07) is 6.26. The Kier molecular flexibility index (Phi) is 5.93. The van der Waals surface area contributed by atoms with Gasteiger partial charge in [0, 0.05) is 0 Å². The van der Waals surface area contributed by atoms with E-state index in [9.17, 15) is 4.79 Å². The summed E-state index contributed by atoms with van der Waals surface area (Å²) in [6.45, 7) is -0.148. The van der Waals surface area contributed by atoms with E-state index >= 15 is 0 Å². The van der Waals surface area contributed by atoms with Crippen LogP contribution in [0.5, 0.6) is 0 Å². The minimum absolute atomic E-state index is 0. The summed E-state index contributed by atoms with van der Waals surface area (Å²) in [4.78, 5) is 11.2. The second-order valence-corrected chi connectivity index (χ2v) is 2.91. The molecule has 1 atom stereocenters. The third-order valence-electron chi connectivity index (χ3n) is 1.93. The molecule has 4 nitrogen and oxygen atoms in total. The molecule has 0 spiro atoms. The molecule has 15 heavy (non-hydrogen) atoms. The van der Waals surface area contributed by atoms with Gasteiger partial charge in [-0.05, 0) is 17.7 Å². The number of halogens is 1. The van der Waals surface area contributed by atoms with Gasteiger partial charge in [-0.2, -0.15) is 0 Å². The standard InChI is InChI=1S/C10H13NO3.ClH/c1-14-10(13)8-4-2-3-7(5-8)9(11)6-12;/h2-5,9,12H,6,11H2,1H3;1H. The van der Waals surface area contributed by atoms with Gasteiger partial charge in [-0.25, -0.2) is 4.79 Å². The molecule has 1 aromatic carbocycles. The Hall–Kier alpha value is -1.10. The number of hydrogen-bond donors (Lipinski definition) is 2. The quantitative estimate of drug-likeness (QED) is 0.758. The van der Waals surface area contributed by atoms with E-state index in [2.05, 4.69) is 4.74 Å². The lowest BCUT2D eigenvalue weighted by Crippen LogP contribution is -2.15. The average Bonchev–Trinajstić information content (AvgIpc) is 2.27. The molecule has 0 aliphatic rings. The van der Waals surface area contributed by atoms with Crippen molar-refractivity contribution in [2.45, 2.75) is 6.04 Å². The number of benzene rings is 1. The predicted octanol–water partition coefficient (Wildman–Crippen LogP) is 0.887. The molecule has 0 bridgehead atoms. The molecule has 5 heteroatoms. The van der Waals surface area contributed by atoms with Crippen LogP contribution < -0.4 is 5.73 Å². The van der Waals surface area contributed by atoms with Crippen molar-refractivity contribution in [2.75, 3.05) is 13.7 Å². The third kappa shape index (κ3) is 3.51. The van der Waals surface area contributed by atoms with Crippen LogP contribution in [0.4, 0.5) is 0 Å². The Labute approximate surface area is 94.5 Å². The molecule has 0 heterocycles. The van der Waals surface area contributed by atoms with Crippen LogP contribution in [-0.2, 0) is 4.74 Å². The summed E-state index contributed by atoms with van der Waals surface area (Å²) >= 11 is 0. The highest BCUT2D eigenvalue weighted by Crippen LogP contribution is 2.12. The topological polar surface area (TPSA) is 72.5 Å². The van der Waals surface area contributed by atoms with Gasteiger partial charge < -0.3 is 15.6 Å². The lowest BCUT2D eigenvalue weighted by atomic mass is 10.1. The van der Waals surface area contributed by atoms with E-state index in [1.165, 1.54) is 7.11 Å². The SMILES string of the molecule is COC(=O)c1cccc(C(N)CO)c1.Cl. The Morgan fingerprint density at radius 1 is 1.60 bits per heavy atom. The highest BCUT2D eigenvalue weighted by molar-refractivity contribution is 5.89. The van der Waals surface area contributed by atoms with E-state index in [0.717, 1.165) is 5.56 Å². The van der Waals surface area contributed by atoms with Crippen LogP contribution in [0, 0.1) is 0 Å². The van der Waals surface area contributed by atoms with Gasteiger partial charge in [-0.3, -0.25) is 0 Å². The maximum absolute atomic E-state index is 11.2. The Balaban J connectivity index is 0.00000196. The molecule has 0 fully saturated rings. The van der Waals surface area contributed by atoms with Crippen LogP contribution in [0.1, 0.15) is 22.0 Å². The maximum atomic E-state index is 11.2. The van der Waals surface area contributed by atoms with Crippen molar-refractivity contribution in [1.29, 1.82) is 0 Å². The van der Waals surface area contributed by atoms with Crippen molar-refractivity contribution < 1.29 is 14.6 Å². The number of ether oxygens (including phenoxy) is 1. The minimum Gasteiger partial charge on any atom is -0.465 e. The molecule has 0 radical (unpaired) electrons.